The molecular weight excluding hydrogens is 286 g/mol. The van der Waals surface area contributed by atoms with E-state index in [4.69, 9.17) is 0 Å². The normalized spacial score (nSPS) is 15.9. The highest BCUT2D eigenvalue weighted by atomic mass is 32.2. The predicted molar refractivity (Wildman–Crippen MR) is 80.5 cm³/mol. The lowest BCUT2D eigenvalue weighted by Crippen LogP contribution is -2.35. The fourth-order valence-corrected chi connectivity index (χ4v) is 4.06. The summed E-state index contributed by atoms with van der Waals surface area (Å²) in [6.45, 7) is 2.35. The van der Waals surface area contributed by atoms with Crippen LogP contribution in [0.2, 0.25) is 0 Å². The van der Waals surface area contributed by atoms with Crippen molar-refractivity contribution in [1.29, 1.82) is 0 Å². The fraction of sp³-hybridized carbons (Fsp3) is 0.400. The van der Waals surface area contributed by atoms with Crippen LogP contribution in [0.1, 0.15) is 24.5 Å². The Morgan fingerprint density at radius 2 is 2.14 bits per heavy atom. The number of benzene rings is 1. The highest BCUT2D eigenvalue weighted by molar-refractivity contribution is 7.89. The van der Waals surface area contributed by atoms with E-state index in [1.54, 1.807) is 16.9 Å². The Labute approximate surface area is 125 Å². The smallest absolute Gasteiger partial charge is 0.240 e. The van der Waals surface area contributed by atoms with Gasteiger partial charge in [-0.2, -0.15) is 5.10 Å². The summed E-state index contributed by atoms with van der Waals surface area (Å²) in [5.41, 5.74) is 2.44. The topological polar surface area (TPSA) is 64.0 Å². The molecule has 1 heterocycles. The van der Waals surface area contributed by atoms with Crippen molar-refractivity contribution in [3.63, 3.8) is 0 Å². The van der Waals surface area contributed by atoms with E-state index in [9.17, 15) is 8.42 Å². The number of sulfonamides is 1. The summed E-state index contributed by atoms with van der Waals surface area (Å²) in [5, 5.41) is 4.09. The minimum absolute atomic E-state index is 0.219. The van der Waals surface area contributed by atoms with E-state index >= 15 is 0 Å². The molecule has 1 N–H and O–H groups in total. The van der Waals surface area contributed by atoms with Crippen molar-refractivity contribution >= 4 is 10.0 Å². The van der Waals surface area contributed by atoms with Crippen LogP contribution < -0.4 is 4.72 Å². The van der Waals surface area contributed by atoms with Crippen molar-refractivity contribution in [3.05, 3.63) is 47.8 Å². The lowest BCUT2D eigenvalue weighted by molar-refractivity contribution is 0.494. The van der Waals surface area contributed by atoms with Crippen molar-refractivity contribution in [1.82, 2.24) is 14.5 Å². The van der Waals surface area contributed by atoms with Crippen LogP contribution in [0.5, 0.6) is 0 Å². The molecule has 0 bridgehead atoms. The summed E-state index contributed by atoms with van der Waals surface area (Å²) in [7, 11) is -3.48. The second kappa shape index (κ2) is 5.61. The summed E-state index contributed by atoms with van der Waals surface area (Å²) in [6, 6.07) is 7.05. The first-order valence-electron chi connectivity index (χ1n) is 7.16. The van der Waals surface area contributed by atoms with Gasteiger partial charge >= 0.3 is 0 Å². The molecule has 112 valence electrons. The average Bonchev–Trinajstić information content (AvgIpc) is 3.07. The highest BCUT2D eigenvalue weighted by Crippen LogP contribution is 2.24. The molecule has 21 heavy (non-hydrogen) atoms. The van der Waals surface area contributed by atoms with Gasteiger partial charge in [-0.05, 0) is 55.5 Å². The predicted octanol–water partition coefficient (Wildman–Crippen LogP) is 1.74. The van der Waals surface area contributed by atoms with Crippen LogP contribution in [0.3, 0.4) is 0 Å². The van der Waals surface area contributed by atoms with Gasteiger partial charge in [0.2, 0.25) is 10.0 Å². The van der Waals surface area contributed by atoms with Gasteiger partial charge in [0.15, 0.2) is 0 Å². The van der Waals surface area contributed by atoms with Gasteiger partial charge in [0, 0.05) is 18.4 Å². The molecule has 1 aliphatic rings. The fourth-order valence-electron chi connectivity index (χ4n) is 2.77. The average molecular weight is 305 g/mol. The van der Waals surface area contributed by atoms with Crippen molar-refractivity contribution < 1.29 is 8.42 Å². The van der Waals surface area contributed by atoms with E-state index in [-0.39, 0.29) is 6.04 Å². The van der Waals surface area contributed by atoms with Crippen molar-refractivity contribution in [2.75, 3.05) is 0 Å². The van der Waals surface area contributed by atoms with Crippen LogP contribution in [0, 0.1) is 0 Å². The van der Waals surface area contributed by atoms with Crippen molar-refractivity contribution in [2.45, 2.75) is 43.7 Å². The SMILES string of the molecule is C[C@H](Cn1cccn1)NS(=O)(=O)c1ccc2c(c1)CCC2. The first-order valence-corrected chi connectivity index (χ1v) is 8.64. The molecule has 0 fully saturated rings. The summed E-state index contributed by atoms with van der Waals surface area (Å²) >= 11 is 0. The summed E-state index contributed by atoms with van der Waals surface area (Å²) in [5.74, 6) is 0. The third-order valence-electron chi connectivity index (χ3n) is 3.76. The van der Waals surface area contributed by atoms with E-state index in [0.717, 1.165) is 24.8 Å². The van der Waals surface area contributed by atoms with Crippen LogP contribution in [0.25, 0.3) is 0 Å². The van der Waals surface area contributed by atoms with E-state index in [1.165, 1.54) is 5.56 Å². The van der Waals surface area contributed by atoms with E-state index in [2.05, 4.69) is 9.82 Å². The molecule has 1 aromatic carbocycles. The number of rotatable bonds is 5. The molecule has 2 aromatic rings. The molecule has 0 saturated heterocycles. The second-order valence-electron chi connectivity index (χ2n) is 5.53. The van der Waals surface area contributed by atoms with Gasteiger partial charge in [-0.1, -0.05) is 6.07 Å². The number of nitrogens with one attached hydrogen (secondary N) is 1. The number of fused-ring (bicyclic) bond motifs is 1. The molecule has 1 aliphatic carbocycles. The maximum atomic E-state index is 12.4. The Bertz CT molecular complexity index is 723. The van der Waals surface area contributed by atoms with Crippen LogP contribution in [0.4, 0.5) is 0 Å². The molecule has 1 atom stereocenters. The number of nitrogens with zero attached hydrogens (tertiary/aromatic N) is 2. The Balaban J connectivity index is 1.74. The first-order chi connectivity index (χ1) is 10.0. The number of aryl methyl sites for hydroxylation is 2. The molecule has 0 amide bonds. The molecule has 0 unspecified atom stereocenters. The zero-order chi connectivity index (χ0) is 14.9. The van der Waals surface area contributed by atoms with Crippen molar-refractivity contribution in [2.24, 2.45) is 0 Å². The largest absolute Gasteiger partial charge is 0.271 e. The van der Waals surface area contributed by atoms with Crippen LogP contribution in [0.15, 0.2) is 41.6 Å². The zero-order valence-electron chi connectivity index (χ0n) is 12.0. The highest BCUT2D eigenvalue weighted by Gasteiger charge is 2.20. The van der Waals surface area contributed by atoms with Crippen LogP contribution in [-0.2, 0) is 29.4 Å². The monoisotopic (exact) mass is 305 g/mol. The number of hydrogen-bond donors (Lipinski definition) is 1. The molecule has 6 heteroatoms. The van der Waals surface area contributed by atoms with Gasteiger partial charge in [-0.3, -0.25) is 4.68 Å². The van der Waals surface area contributed by atoms with Gasteiger partial charge in [-0.25, -0.2) is 13.1 Å². The molecule has 1 aromatic heterocycles. The summed E-state index contributed by atoms with van der Waals surface area (Å²) in [4.78, 5) is 0.357. The zero-order valence-corrected chi connectivity index (χ0v) is 12.8. The molecule has 0 saturated carbocycles. The standard InChI is InChI=1S/C15H19N3O2S/c1-12(11-18-9-3-8-16-18)17-21(19,20)15-7-6-13-4-2-5-14(13)10-15/h3,6-10,12,17H,2,4-5,11H2,1H3/t12-/m1/s1. The Morgan fingerprint density at radius 3 is 2.90 bits per heavy atom. The quantitative estimate of drug-likeness (QED) is 0.915. The molecule has 5 nitrogen and oxygen atoms in total. The first kappa shape index (κ1) is 14.3. The Morgan fingerprint density at radius 1 is 1.33 bits per heavy atom. The molecular formula is C15H19N3O2S. The van der Waals surface area contributed by atoms with E-state index < -0.39 is 10.0 Å². The third-order valence-corrected chi connectivity index (χ3v) is 5.34. The molecule has 0 aliphatic heterocycles. The van der Waals surface area contributed by atoms with Gasteiger partial charge in [0.05, 0.1) is 11.4 Å². The van der Waals surface area contributed by atoms with Crippen molar-refractivity contribution in [3.8, 4) is 0 Å². The summed E-state index contributed by atoms with van der Waals surface area (Å²) in [6.07, 6.45) is 6.64. The molecule has 0 spiro atoms. The maximum Gasteiger partial charge on any atom is 0.240 e. The lowest BCUT2D eigenvalue weighted by atomic mass is 10.1. The minimum Gasteiger partial charge on any atom is -0.271 e. The van der Waals surface area contributed by atoms with Gasteiger partial charge in [0.25, 0.3) is 0 Å². The Hall–Kier alpha value is -1.66. The van der Waals surface area contributed by atoms with Gasteiger partial charge in [0.1, 0.15) is 0 Å². The van der Waals surface area contributed by atoms with Crippen LogP contribution >= 0.6 is 0 Å². The number of aromatic nitrogens is 2. The van der Waals surface area contributed by atoms with Gasteiger partial charge < -0.3 is 0 Å². The number of hydrogen-bond acceptors (Lipinski definition) is 3. The third kappa shape index (κ3) is 3.16. The second-order valence-corrected chi connectivity index (χ2v) is 7.25. The molecule has 0 radical (unpaired) electrons. The summed E-state index contributed by atoms with van der Waals surface area (Å²) < 4.78 is 29.3. The van der Waals surface area contributed by atoms with Gasteiger partial charge in [-0.15, -0.1) is 0 Å². The lowest BCUT2D eigenvalue weighted by Gasteiger charge is -2.15. The molecule has 3 rings (SSSR count). The minimum atomic E-state index is -3.48. The van der Waals surface area contributed by atoms with Crippen LogP contribution in [-0.4, -0.2) is 24.2 Å². The van der Waals surface area contributed by atoms with E-state index in [0.29, 0.717) is 11.4 Å². The maximum absolute atomic E-state index is 12.4. The van der Waals surface area contributed by atoms with E-state index in [1.807, 2.05) is 31.3 Å². The Kier molecular flexibility index (Phi) is 3.82.